The summed E-state index contributed by atoms with van der Waals surface area (Å²) in [6.07, 6.45) is 4.57. The van der Waals surface area contributed by atoms with Crippen LogP contribution in [0.2, 0.25) is 5.02 Å². The molecule has 0 aliphatic carbocycles. The van der Waals surface area contributed by atoms with Gasteiger partial charge in [-0.15, -0.1) is 0 Å². The molecule has 1 aromatic heterocycles. The molecule has 0 bridgehead atoms. The summed E-state index contributed by atoms with van der Waals surface area (Å²) in [6, 6.07) is 5.07. The Bertz CT molecular complexity index is 508. The van der Waals surface area contributed by atoms with Crippen molar-refractivity contribution in [3.8, 4) is 0 Å². The third-order valence-electron chi connectivity index (χ3n) is 2.15. The van der Waals surface area contributed by atoms with Crippen LogP contribution in [0.4, 0.5) is 10.5 Å². The van der Waals surface area contributed by atoms with Crippen LogP contribution in [0.3, 0.4) is 0 Å². The lowest BCUT2D eigenvalue weighted by Crippen LogP contribution is -2.17. The van der Waals surface area contributed by atoms with Crippen molar-refractivity contribution in [1.82, 2.24) is 9.55 Å². The Kier molecular flexibility index (Phi) is 2.92. The van der Waals surface area contributed by atoms with Crippen molar-refractivity contribution in [3.05, 3.63) is 47.5 Å². The second kappa shape index (κ2) is 4.37. The van der Waals surface area contributed by atoms with Crippen molar-refractivity contribution in [2.75, 3.05) is 5.32 Å². The second-order valence-corrected chi connectivity index (χ2v) is 3.77. The number of carbonyl (C=O) groups excluding carboxylic acids is 1. The highest BCUT2D eigenvalue weighted by Crippen LogP contribution is 2.19. The second-order valence-electron chi connectivity index (χ2n) is 3.36. The number of hydrogen-bond donors (Lipinski definition) is 1. The number of aryl methyl sites for hydroxylation is 1. The van der Waals surface area contributed by atoms with Crippen LogP contribution in [0.1, 0.15) is 5.56 Å². The molecule has 82 valence electrons. The minimum Gasteiger partial charge on any atom is -0.307 e. The maximum atomic E-state index is 11.7. The maximum absolute atomic E-state index is 11.7. The topological polar surface area (TPSA) is 46.9 Å². The average Bonchev–Trinajstić information content (AvgIpc) is 2.77. The highest BCUT2D eigenvalue weighted by molar-refractivity contribution is 6.31. The highest BCUT2D eigenvalue weighted by atomic mass is 35.5. The molecule has 0 fully saturated rings. The van der Waals surface area contributed by atoms with Crippen LogP contribution in [-0.2, 0) is 0 Å². The van der Waals surface area contributed by atoms with Crippen LogP contribution in [0.5, 0.6) is 0 Å². The molecule has 1 amide bonds. The first-order valence-corrected chi connectivity index (χ1v) is 5.10. The molecule has 0 saturated carbocycles. The minimum atomic E-state index is -0.251. The van der Waals surface area contributed by atoms with E-state index in [9.17, 15) is 4.79 Å². The van der Waals surface area contributed by atoms with Crippen LogP contribution in [-0.4, -0.2) is 15.6 Å². The van der Waals surface area contributed by atoms with Gasteiger partial charge in [0.2, 0.25) is 0 Å². The normalized spacial score (nSPS) is 10.1. The third kappa shape index (κ3) is 2.23. The SMILES string of the molecule is Cc1cc(NC(=O)n2ccnc2)ccc1Cl. The molecule has 2 rings (SSSR count). The van der Waals surface area contributed by atoms with E-state index in [1.165, 1.54) is 10.9 Å². The lowest BCUT2D eigenvalue weighted by molar-refractivity contribution is 0.253. The van der Waals surface area contributed by atoms with E-state index < -0.39 is 0 Å². The summed E-state index contributed by atoms with van der Waals surface area (Å²) in [5.74, 6) is 0. The van der Waals surface area contributed by atoms with Crippen molar-refractivity contribution in [2.45, 2.75) is 6.92 Å². The van der Waals surface area contributed by atoms with Crippen molar-refractivity contribution in [1.29, 1.82) is 0 Å². The molecule has 16 heavy (non-hydrogen) atoms. The molecule has 0 atom stereocenters. The summed E-state index contributed by atoms with van der Waals surface area (Å²) in [5.41, 5.74) is 1.63. The maximum Gasteiger partial charge on any atom is 0.331 e. The number of halogens is 1. The number of benzene rings is 1. The number of carbonyl (C=O) groups is 1. The van der Waals surface area contributed by atoms with E-state index in [-0.39, 0.29) is 6.03 Å². The van der Waals surface area contributed by atoms with Crippen LogP contribution < -0.4 is 5.32 Å². The fraction of sp³-hybridized carbons (Fsp3) is 0.0909. The Morgan fingerprint density at radius 1 is 1.50 bits per heavy atom. The molecule has 0 aliphatic heterocycles. The van der Waals surface area contributed by atoms with Gasteiger partial charge < -0.3 is 5.32 Å². The van der Waals surface area contributed by atoms with Gasteiger partial charge >= 0.3 is 6.03 Å². The first-order valence-electron chi connectivity index (χ1n) is 4.72. The number of nitrogens with zero attached hydrogens (tertiary/aromatic N) is 2. The molecular weight excluding hydrogens is 226 g/mol. The Hall–Kier alpha value is -1.81. The number of anilines is 1. The van der Waals surface area contributed by atoms with Gasteiger partial charge in [0.1, 0.15) is 6.33 Å². The Morgan fingerprint density at radius 2 is 2.31 bits per heavy atom. The first-order chi connectivity index (χ1) is 7.66. The molecule has 2 aromatic rings. The Labute approximate surface area is 97.9 Å². The molecular formula is C11H10ClN3O. The standard InChI is InChI=1S/C11H10ClN3O/c1-8-6-9(2-3-10(8)12)14-11(16)15-5-4-13-7-15/h2-7H,1H3,(H,14,16). The number of nitrogens with one attached hydrogen (secondary N) is 1. The van der Waals surface area contributed by atoms with Crippen molar-refractivity contribution in [2.24, 2.45) is 0 Å². The van der Waals surface area contributed by atoms with Crippen LogP contribution in [0.15, 0.2) is 36.9 Å². The van der Waals surface area contributed by atoms with E-state index >= 15 is 0 Å². The largest absolute Gasteiger partial charge is 0.331 e. The summed E-state index contributed by atoms with van der Waals surface area (Å²) in [5, 5.41) is 3.42. The summed E-state index contributed by atoms with van der Waals surface area (Å²) in [6.45, 7) is 1.88. The molecule has 5 heteroatoms. The van der Waals surface area contributed by atoms with Gasteiger partial charge in [0.25, 0.3) is 0 Å². The van der Waals surface area contributed by atoms with Gasteiger partial charge in [0.15, 0.2) is 0 Å². The van der Waals surface area contributed by atoms with Gasteiger partial charge in [0, 0.05) is 23.1 Å². The predicted molar refractivity (Wildman–Crippen MR) is 62.8 cm³/mol. The molecule has 0 aliphatic rings. The van der Waals surface area contributed by atoms with E-state index in [2.05, 4.69) is 10.3 Å². The summed E-state index contributed by atoms with van der Waals surface area (Å²) < 4.78 is 1.37. The first kappa shape index (κ1) is 10.7. The number of imidazole rings is 1. The summed E-state index contributed by atoms with van der Waals surface area (Å²) in [4.78, 5) is 15.4. The highest BCUT2D eigenvalue weighted by Gasteiger charge is 2.04. The van der Waals surface area contributed by atoms with Gasteiger partial charge in [-0.05, 0) is 30.7 Å². The zero-order valence-electron chi connectivity index (χ0n) is 8.64. The smallest absolute Gasteiger partial charge is 0.307 e. The molecule has 0 saturated heterocycles. The van der Waals surface area contributed by atoms with Crippen LogP contribution in [0.25, 0.3) is 0 Å². The molecule has 1 heterocycles. The van der Waals surface area contributed by atoms with E-state index in [0.29, 0.717) is 10.7 Å². The monoisotopic (exact) mass is 235 g/mol. The number of amides is 1. The van der Waals surface area contributed by atoms with Gasteiger partial charge in [0.05, 0.1) is 0 Å². The Morgan fingerprint density at radius 3 is 2.94 bits per heavy atom. The summed E-state index contributed by atoms with van der Waals surface area (Å²) in [7, 11) is 0. The van der Waals surface area contributed by atoms with Gasteiger partial charge in [-0.3, -0.25) is 4.57 Å². The fourth-order valence-electron chi connectivity index (χ4n) is 1.29. The average molecular weight is 236 g/mol. The molecule has 0 spiro atoms. The molecule has 4 nitrogen and oxygen atoms in total. The van der Waals surface area contributed by atoms with Crippen LogP contribution >= 0.6 is 11.6 Å². The molecule has 1 N–H and O–H groups in total. The van der Waals surface area contributed by atoms with Crippen LogP contribution in [0, 0.1) is 6.92 Å². The van der Waals surface area contributed by atoms with Gasteiger partial charge in [-0.25, -0.2) is 9.78 Å². The van der Waals surface area contributed by atoms with Gasteiger partial charge in [-0.1, -0.05) is 11.6 Å². The molecule has 0 radical (unpaired) electrons. The van der Waals surface area contributed by atoms with Gasteiger partial charge in [-0.2, -0.15) is 0 Å². The molecule has 0 unspecified atom stereocenters. The Balaban J connectivity index is 2.15. The number of aromatic nitrogens is 2. The third-order valence-corrected chi connectivity index (χ3v) is 2.57. The predicted octanol–water partition coefficient (Wildman–Crippen LogP) is 2.93. The van der Waals surface area contributed by atoms with E-state index in [1.807, 2.05) is 13.0 Å². The fourth-order valence-corrected chi connectivity index (χ4v) is 1.41. The number of rotatable bonds is 1. The number of hydrogen-bond acceptors (Lipinski definition) is 2. The zero-order valence-corrected chi connectivity index (χ0v) is 9.40. The van der Waals surface area contributed by atoms with Crippen molar-refractivity contribution >= 4 is 23.3 Å². The van der Waals surface area contributed by atoms with Crippen molar-refractivity contribution in [3.63, 3.8) is 0 Å². The zero-order chi connectivity index (χ0) is 11.5. The van der Waals surface area contributed by atoms with E-state index in [4.69, 9.17) is 11.6 Å². The summed E-state index contributed by atoms with van der Waals surface area (Å²) >= 11 is 5.89. The lowest BCUT2D eigenvalue weighted by atomic mass is 10.2. The molecule has 1 aromatic carbocycles. The van der Waals surface area contributed by atoms with E-state index in [0.717, 1.165) is 5.56 Å². The van der Waals surface area contributed by atoms with E-state index in [1.54, 1.807) is 24.5 Å². The lowest BCUT2D eigenvalue weighted by Gasteiger charge is -2.06. The minimum absolute atomic E-state index is 0.251. The quantitative estimate of drug-likeness (QED) is 0.826. The van der Waals surface area contributed by atoms with Crippen molar-refractivity contribution < 1.29 is 4.79 Å².